The van der Waals surface area contributed by atoms with E-state index in [0.29, 0.717) is 25.1 Å². The van der Waals surface area contributed by atoms with Crippen LogP contribution in [-0.2, 0) is 22.9 Å². The first-order chi connectivity index (χ1) is 12.7. The van der Waals surface area contributed by atoms with Gasteiger partial charge in [-0.1, -0.05) is 12.1 Å². The van der Waals surface area contributed by atoms with Crippen LogP contribution in [0.2, 0.25) is 0 Å². The van der Waals surface area contributed by atoms with E-state index in [1.807, 2.05) is 31.6 Å². The van der Waals surface area contributed by atoms with Crippen molar-refractivity contribution in [1.29, 1.82) is 0 Å². The molecule has 1 aromatic carbocycles. The van der Waals surface area contributed by atoms with E-state index in [-0.39, 0.29) is 28.2 Å². The van der Waals surface area contributed by atoms with Gasteiger partial charge >= 0.3 is 0 Å². The van der Waals surface area contributed by atoms with Gasteiger partial charge < -0.3 is 4.90 Å². The lowest BCUT2D eigenvalue weighted by Gasteiger charge is -2.15. The Morgan fingerprint density at radius 3 is 2.63 bits per heavy atom. The third kappa shape index (κ3) is 4.19. The summed E-state index contributed by atoms with van der Waals surface area (Å²) in [7, 11) is -0.977. The summed E-state index contributed by atoms with van der Waals surface area (Å²) in [5.41, 5.74) is 3.78. The molecule has 1 unspecified atom stereocenters. The van der Waals surface area contributed by atoms with Gasteiger partial charge in [0.2, 0.25) is 0 Å². The molecule has 1 saturated heterocycles. The van der Waals surface area contributed by atoms with E-state index in [2.05, 4.69) is 5.10 Å². The summed E-state index contributed by atoms with van der Waals surface area (Å²) in [5, 5.41) is 15.8. The Morgan fingerprint density at radius 1 is 1.30 bits per heavy atom. The van der Waals surface area contributed by atoms with Crippen molar-refractivity contribution in [3.05, 3.63) is 56.9 Å². The SMILES string of the molecule is Cc1nn([C@@H]2CCS(=O)(=O)C2)c(C)c1C[NH+](C)Cc1ccccc1[N+](=O)[O-]. The minimum Gasteiger partial charge on any atom is -0.330 e. The van der Waals surface area contributed by atoms with E-state index in [9.17, 15) is 18.5 Å². The number of nitrogens with zero attached hydrogens (tertiary/aromatic N) is 3. The summed E-state index contributed by atoms with van der Waals surface area (Å²) in [6.07, 6.45) is 0.600. The summed E-state index contributed by atoms with van der Waals surface area (Å²) in [4.78, 5) is 12.0. The normalized spacial score (nSPS) is 19.9. The molecule has 2 heterocycles. The fourth-order valence-corrected chi connectivity index (χ4v) is 5.50. The fraction of sp³-hybridized carbons (Fsp3) is 0.500. The van der Waals surface area contributed by atoms with Crippen LogP contribution in [-0.4, -0.2) is 41.7 Å². The molecular weight excluding hydrogens is 368 g/mol. The van der Waals surface area contributed by atoms with Crippen LogP contribution in [0.3, 0.4) is 0 Å². The predicted octanol–water partition coefficient (Wildman–Crippen LogP) is 0.983. The number of nitro benzene ring substituents is 1. The maximum atomic E-state index is 11.8. The van der Waals surface area contributed by atoms with Gasteiger partial charge in [-0.2, -0.15) is 5.10 Å². The van der Waals surface area contributed by atoms with E-state index >= 15 is 0 Å². The van der Waals surface area contributed by atoms with Crippen molar-refractivity contribution >= 4 is 15.5 Å². The molecule has 1 N–H and O–H groups in total. The molecule has 27 heavy (non-hydrogen) atoms. The standard InChI is InChI=1S/C18H24N4O4S/c1-13-17(14(2)21(19-13)16-8-9-27(25,26)12-16)11-20(3)10-15-6-4-5-7-18(15)22(23)24/h4-7,16H,8-12H2,1-3H3/p+1/t16-/m1/s1. The Balaban J connectivity index is 1.77. The van der Waals surface area contributed by atoms with Crippen LogP contribution in [0.25, 0.3) is 0 Å². The average molecular weight is 393 g/mol. The topological polar surface area (TPSA) is 99.5 Å². The lowest BCUT2D eigenvalue weighted by Crippen LogP contribution is -3.06. The smallest absolute Gasteiger partial charge is 0.278 e. The number of aromatic nitrogens is 2. The molecule has 0 radical (unpaired) electrons. The molecule has 8 nitrogen and oxygen atoms in total. The molecule has 3 rings (SSSR count). The highest BCUT2D eigenvalue weighted by Crippen LogP contribution is 2.26. The minimum atomic E-state index is -2.97. The van der Waals surface area contributed by atoms with Crippen molar-refractivity contribution in [2.75, 3.05) is 18.6 Å². The largest absolute Gasteiger partial charge is 0.330 e. The first-order valence-corrected chi connectivity index (χ1v) is 10.8. The molecule has 1 aliphatic rings. The molecular formula is C18H25N4O4S+. The molecule has 2 aromatic rings. The Morgan fingerprint density at radius 2 is 2.00 bits per heavy atom. The van der Waals surface area contributed by atoms with E-state index < -0.39 is 9.84 Å². The van der Waals surface area contributed by atoms with E-state index in [0.717, 1.165) is 21.9 Å². The molecule has 0 spiro atoms. The number of hydrogen-bond donors (Lipinski definition) is 1. The fourth-order valence-electron chi connectivity index (χ4n) is 3.80. The van der Waals surface area contributed by atoms with E-state index in [4.69, 9.17) is 0 Å². The van der Waals surface area contributed by atoms with Gasteiger partial charge in [0.05, 0.1) is 46.3 Å². The number of nitrogens with one attached hydrogen (secondary N) is 1. The third-order valence-electron chi connectivity index (χ3n) is 5.19. The minimum absolute atomic E-state index is 0.0991. The number of para-hydroxylation sites is 1. The van der Waals surface area contributed by atoms with Crippen molar-refractivity contribution in [3.63, 3.8) is 0 Å². The Kier molecular flexibility index (Phi) is 5.34. The molecule has 2 atom stereocenters. The van der Waals surface area contributed by atoms with Crippen molar-refractivity contribution in [2.24, 2.45) is 0 Å². The number of quaternary nitrogens is 1. The zero-order valence-corrected chi connectivity index (χ0v) is 16.6. The quantitative estimate of drug-likeness (QED) is 0.583. The van der Waals surface area contributed by atoms with Gasteiger partial charge in [0.1, 0.15) is 13.1 Å². The first-order valence-electron chi connectivity index (χ1n) is 8.96. The number of aryl methyl sites for hydroxylation is 1. The monoisotopic (exact) mass is 393 g/mol. The molecule has 0 amide bonds. The van der Waals surface area contributed by atoms with Crippen LogP contribution < -0.4 is 4.90 Å². The van der Waals surface area contributed by atoms with Gasteiger partial charge in [-0.15, -0.1) is 0 Å². The van der Waals surface area contributed by atoms with Crippen LogP contribution >= 0.6 is 0 Å². The highest BCUT2D eigenvalue weighted by atomic mass is 32.2. The number of benzene rings is 1. The van der Waals surface area contributed by atoms with Crippen LogP contribution in [0.5, 0.6) is 0 Å². The highest BCUT2D eigenvalue weighted by molar-refractivity contribution is 7.91. The van der Waals surface area contributed by atoms with Gasteiger partial charge in [-0.3, -0.25) is 14.8 Å². The van der Waals surface area contributed by atoms with Crippen LogP contribution in [0.4, 0.5) is 5.69 Å². The van der Waals surface area contributed by atoms with Crippen molar-refractivity contribution in [3.8, 4) is 0 Å². The lowest BCUT2D eigenvalue weighted by atomic mass is 10.1. The van der Waals surface area contributed by atoms with Crippen LogP contribution in [0.15, 0.2) is 24.3 Å². The molecule has 9 heteroatoms. The van der Waals surface area contributed by atoms with Gasteiger partial charge in [0.25, 0.3) is 5.69 Å². The number of rotatable bonds is 6. The molecule has 1 aliphatic heterocycles. The summed E-state index contributed by atoms with van der Waals surface area (Å²) in [6, 6.07) is 6.69. The second kappa shape index (κ2) is 7.40. The van der Waals surface area contributed by atoms with E-state index in [1.165, 1.54) is 6.07 Å². The highest BCUT2D eigenvalue weighted by Gasteiger charge is 2.32. The molecule has 0 bridgehead atoms. The van der Waals surface area contributed by atoms with Crippen molar-refractivity contribution < 1.29 is 18.2 Å². The van der Waals surface area contributed by atoms with Gasteiger partial charge in [-0.25, -0.2) is 8.42 Å². The molecule has 146 valence electrons. The number of hydrogen-bond acceptors (Lipinski definition) is 5. The second-order valence-corrected chi connectivity index (χ2v) is 9.58. The number of sulfone groups is 1. The average Bonchev–Trinajstić information content (AvgIpc) is 3.08. The Bertz CT molecular complexity index is 968. The summed E-state index contributed by atoms with van der Waals surface area (Å²) >= 11 is 0. The maximum absolute atomic E-state index is 11.8. The molecule has 1 fully saturated rings. The summed E-state index contributed by atoms with van der Waals surface area (Å²) in [5.74, 6) is 0.363. The van der Waals surface area contributed by atoms with Crippen molar-refractivity contribution in [2.45, 2.75) is 39.4 Å². The Labute approximate surface area is 158 Å². The van der Waals surface area contributed by atoms with Crippen molar-refractivity contribution in [1.82, 2.24) is 9.78 Å². The lowest BCUT2D eigenvalue weighted by molar-refractivity contribution is -0.907. The molecule has 0 saturated carbocycles. The summed E-state index contributed by atoms with van der Waals surface area (Å²) < 4.78 is 25.4. The predicted molar refractivity (Wildman–Crippen MR) is 101 cm³/mol. The zero-order chi connectivity index (χ0) is 19.8. The third-order valence-corrected chi connectivity index (χ3v) is 6.94. The second-order valence-electron chi connectivity index (χ2n) is 7.35. The zero-order valence-electron chi connectivity index (χ0n) is 15.8. The molecule has 0 aliphatic carbocycles. The Hall–Kier alpha value is -2.26. The van der Waals surface area contributed by atoms with Gasteiger partial charge in [0.15, 0.2) is 9.84 Å². The summed E-state index contributed by atoms with van der Waals surface area (Å²) in [6.45, 7) is 5.10. The van der Waals surface area contributed by atoms with Crippen LogP contribution in [0, 0.1) is 24.0 Å². The van der Waals surface area contributed by atoms with Gasteiger partial charge in [0, 0.05) is 11.8 Å². The molecule has 1 aromatic heterocycles. The van der Waals surface area contributed by atoms with Crippen LogP contribution in [0.1, 0.15) is 35.0 Å². The maximum Gasteiger partial charge on any atom is 0.278 e. The number of nitro groups is 1. The first kappa shape index (κ1) is 19.5. The van der Waals surface area contributed by atoms with E-state index in [1.54, 1.807) is 12.1 Å². The van der Waals surface area contributed by atoms with Gasteiger partial charge in [-0.05, 0) is 26.3 Å².